The van der Waals surface area contributed by atoms with Gasteiger partial charge in [-0.15, -0.1) is 22.7 Å². The third kappa shape index (κ3) is 3.41. The quantitative estimate of drug-likeness (QED) is 0.222. The van der Waals surface area contributed by atoms with Crippen molar-refractivity contribution in [3.05, 3.63) is 63.6 Å². The Bertz CT molecular complexity index is 1230. The van der Waals surface area contributed by atoms with Crippen LogP contribution in [0.15, 0.2) is 42.5 Å². The Morgan fingerprint density at radius 2 is 1.16 bits per heavy atom. The Morgan fingerprint density at radius 1 is 0.645 bits per heavy atom. The van der Waals surface area contributed by atoms with Gasteiger partial charge in [-0.1, -0.05) is 42.5 Å². The molecule has 4 nitrogen and oxygen atoms in total. The van der Waals surface area contributed by atoms with Crippen LogP contribution in [0, 0.1) is 5.77 Å². The van der Waals surface area contributed by atoms with Gasteiger partial charge in [0.15, 0.2) is 23.0 Å². The summed E-state index contributed by atoms with van der Waals surface area (Å²) in [5.74, 6) is 3.45. The van der Waals surface area contributed by atoms with Crippen LogP contribution >= 0.6 is 67.9 Å². The van der Waals surface area contributed by atoms with Crippen LogP contribution in [-0.2, 0) is 0 Å². The average Bonchev–Trinajstić information content (AvgIpc) is 3.32. The molecule has 0 amide bonds. The minimum absolute atomic E-state index is 0.0287. The summed E-state index contributed by atoms with van der Waals surface area (Å²) in [6.45, 7) is 2.30. The molecule has 6 rings (SSSR count). The maximum Gasteiger partial charge on any atom is 0.185 e. The molecule has 31 heavy (non-hydrogen) atoms. The SMILES string of the molecule is Ic1sc(C(c2sc(I)c3c2OCCO3)c2cccc3ccccc23)c2c1OCCO2. The van der Waals surface area contributed by atoms with Crippen LogP contribution in [0.5, 0.6) is 23.0 Å². The maximum atomic E-state index is 6.17. The fourth-order valence-electron chi connectivity index (χ4n) is 4.16. The predicted molar refractivity (Wildman–Crippen MR) is 141 cm³/mol. The summed E-state index contributed by atoms with van der Waals surface area (Å²) in [6.07, 6.45) is 0. The first-order valence-electron chi connectivity index (χ1n) is 9.85. The van der Waals surface area contributed by atoms with E-state index in [0.717, 1.165) is 38.5 Å². The molecule has 0 fully saturated rings. The molecule has 0 saturated heterocycles. The number of halogens is 2. The maximum absolute atomic E-state index is 6.17. The van der Waals surface area contributed by atoms with Gasteiger partial charge in [-0.25, -0.2) is 0 Å². The molecule has 2 aromatic heterocycles. The monoisotopic (exact) mass is 674 g/mol. The Morgan fingerprint density at radius 3 is 1.77 bits per heavy atom. The number of benzene rings is 2. The topological polar surface area (TPSA) is 36.9 Å². The lowest BCUT2D eigenvalue weighted by Crippen LogP contribution is -2.17. The summed E-state index contributed by atoms with van der Waals surface area (Å²) in [6, 6.07) is 15.1. The highest BCUT2D eigenvalue weighted by atomic mass is 127. The summed E-state index contributed by atoms with van der Waals surface area (Å²) in [4.78, 5) is 2.31. The van der Waals surface area contributed by atoms with E-state index in [0.29, 0.717) is 26.4 Å². The Kier molecular flexibility index (Phi) is 5.44. The van der Waals surface area contributed by atoms with Gasteiger partial charge in [0.25, 0.3) is 0 Å². The molecular weight excluding hydrogens is 658 g/mol. The molecule has 0 spiro atoms. The van der Waals surface area contributed by atoms with Gasteiger partial charge in [0.2, 0.25) is 0 Å². The van der Waals surface area contributed by atoms with Crippen LogP contribution in [0.2, 0.25) is 0 Å². The molecule has 0 unspecified atom stereocenters. The summed E-state index contributed by atoms with van der Waals surface area (Å²) in [7, 11) is 0. The lowest BCUT2D eigenvalue weighted by atomic mass is 9.90. The van der Waals surface area contributed by atoms with E-state index >= 15 is 0 Å². The molecule has 2 aliphatic rings. The van der Waals surface area contributed by atoms with E-state index in [1.807, 2.05) is 0 Å². The molecule has 2 aromatic carbocycles. The molecule has 0 bridgehead atoms. The number of thiophene rings is 2. The zero-order valence-electron chi connectivity index (χ0n) is 16.2. The highest BCUT2D eigenvalue weighted by Gasteiger charge is 2.36. The summed E-state index contributed by atoms with van der Waals surface area (Å²) < 4.78 is 26.6. The van der Waals surface area contributed by atoms with Crippen molar-refractivity contribution in [1.29, 1.82) is 0 Å². The molecule has 4 aromatic rings. The smallest absolute Gasteiger partial charge is 0.185 e. The second-order valence-electron chi connectivity index (χ2n) is 7.19. The second-order valence-corrected chi connectivity index (χ2v) is 12.9. The van der Waals surface area contributed by atoms with E-state index in [1.54, 1.807) is 22.7 Å². The molecule has 8 heteroatoms. The molecule has 0 saturated carbocycles. The van der Waals surface area contributed by atoms with Crippen molar-refractivity contribution in [2.24, 2.45) is 0 Å². The molecule has 0 aliphatic carbocycles. The Hall–Kier alpha value is -1.24. The fourth-order valence-corrected chi connectivity index (χ4v) is 8.55. The van der Waals surface area contributed by atoms with E-state index in [1.165, 1.54) is 16.3 Å². The van der Waals surface area contributed by atoms with E-state index in [-0.39, 0.29) is 5.92 Å². The van der Waals surface area contributed by atoms with Crippen LogP contribution in [-0.4, -0.2) is 26.4 Å². The summed E-state index contributed by atoms with van der Waals surface area (Å²) >= 11 is 8.21. The number of fused-ring (bicyclic) bond motifs is 3. The predicted octanol–water partition coefficient (Wildman–Crippen LogP) is 6.89. The molecule has 4 heterocycles. The standard InChI is InChI=1S/C23H16I2O4S2/c24-22-18-16(26-8-10-28-18)20(30-22)15(14-7-3-5-12-4-1-2-6-13(12)14)21-17-19(23(25)31-21)29-11-9-27-17/h1-7,15H,8-11H2. The number of hydrogen-bond donors (Lipinski definition) is 0. The lowest BCUT2D eigenvalue weighted by molar-refractivity contribution is 0.169. The van der Waals surface area contributed by atoms with Crippen molar-refractivity contribution in [2.45, 2.75) is 5.92 Å². The highest BCUT2D eigenvalue weighted by Crippen LogP contribution is 2.57. The Labute approximate surface area is 214 Å². The second kappa shape index (κ2) is 8.27. The zero-order chi connectivity index (χ0) is 20.9. The van der Waals surface area contributed by atoms with Gasteiger partial charge < -0.3 is 18.9 Å². The van der Waals surface area contributed by atoms with Crippen molar-refractivity contribution in [3.8, 4) is 23.0 Å². The van der Waals surface area contributed by atoms with Crippen LogP contribution in [0.25, 0.3) is 10.8 Å². The van der Waals surface area contributed by atoms with E-state index in [2.05, 4.69) is 87.6 Å². The van der Waals surface area contributed by atoms with Crippen LogP contribution in [0.1, 0.15) is 21.2 Å². The largest absolute Gasteiger partial charge is 0.485 e. The van der Waals surface area contributed by atoms with E-state index < -0.39 is 0 Å². The van der Waals surface area contributed by atoms with Gasteiger partial charge in [0.05, 0.1) is 15.7 Å². The first-order valence-corrected chi connectivity index (χ1v) is 13.6. The number of rotatable bonds is 3. The van der Waals surface area contributed by atoms with Gasteiger partial charge >= 0.3 is 0 Å². The van der Waals surface area contributed by atoms with Crippen LogP contribution in [0.3, 0.4) is 0 Å². The number of hydrogen-bond acceptors (Lipinski definition) is 6. The van der Waals surface area contributed by atoms with Gasteiger partial charge in [-0.2, -0.15) is 0 Å². The summed E-state index contributed by atoms with van der Waals surface area (Å²) in [5.41, 5.74) is 1.24. The third-order valence-electron chi connectivity index (χ3n) is 5.43. The van der Waals surface area contributed by atoms with Gasteiger partial charge in [-0.3, -0.25) is 0 Å². The highest BCUT2D eigenvalue weighted by molar-refractivity contribution is 14.1. The zero-order valence-corrected chi connectivity index (χ0v) is 22.1. The Balaban J connectivity index is 1.65. The lowest BCUT2D eigenvalue weighted by Gasteiger charge is -2.23. The van der Waals surface area contributed by atoms with Crippen LogP contribution in [0.4, 0.5) is 0 Å². The van der Waals surface area contributed by atoms with E-state index in [4.69, 9.17) is 18.9 Å². The van der Waals surface area contributed by atoms with Crippen LogP contribution < -0.4 is 18.9 Å². The molecule has 0 radical (unpaired) electrons. The first-order chi connectivity index (χ1) is 15.2. The molecular formula is C23H16I2O4S2. The van der Waals surface area contributed by atoms with Crippen molar-refractivity contribution < 1.29 is 18.9 Å². The van der Waals surface area contributed by atoms with Gasteiger partial charge in [0, 0.05) is 0 Å². The minimum atomic E-state index is -0.0287. The van der Waals surface area contributed by atoms with Gasteiger partial charge in [-0.05, 0) is 61.5 Å². The van der Waals surface area contributed by atoms with Crippen molar-refractivity contribution in [3.63, 3.8) is 0 Å². The normalized spacial score (nSPS) is 14.9. The third-order valence-corrected chi connectivity index (χ3v) is 9.74. The first kappa shape index (κ1) is 20.4. The molecule has 158 valence electrons. The van der Waals surface area contributed by atoms with E-state index in [9.17, 15) is 0 Å². The molecule has 0 atom stereocenters. The number of ether oxygens (including phenoxy) is 4. The van der Waals surface area contributed by atoms with Crippen molar-refractivity contribution in [2.75, 3.05) is 26.4 Å². The minimum Gasteiger partial charge on any atom is -0.485 e. The summed E-state index contributed by atoms with van der Waals surface area (Å²) in [5, 5.41) is 2.46. The fraction of sp³-hybridized carbons (Fsp3) is 0.217. The van der Waals surface area contributed by atoms with Crippen molar-refractivity contribution >= 4 is 78.6 Å². The molecule has 0 N–H and O–H groups in total. The van der Waals surface area contributed by atoms with Crippen molar-refractivity contribution in [1.82, 2.24) is 0 Å². The average molecular weight is 674 g/mol. The molecule has 2 aliphatic heterocycles. The van der Waals surface area contributed by atoms with Gasteiger partial charge in [0.1, 0.15) is 32.2 Å².